The van der Waals surface area contributed by atoms with Gasteiger partial charge in [0.15, 0.2) is 6.10 Å². The van der Waals surface area contributed by atoms with Gasteiger partial charge in [-0.3, -0.25) is 9.59 Å². The lowest BCUT2D eigenvalue weighted by atomic mass is 9.74. The van der Waals surface area contributed by atoms with Crippen molar-refractivity contribution in [2.75, 3.05) is 0 Å². The molecule has 10 heteroatoms. The maximum atomic E-state index is 13.3. The number of esters is 4. The van der Waals surface area contributed by atoms with Crippen LogP contribution in [0.15, 0.2) is 65.8 Å². The second kappa shape index (κ2) is 14.8. The molecule has 0 bridgehead atoms. The fourth-order valence-corrected chi connectivity index (χ4v) is 6.44. The van der Waals surface area contributed by atoms with E-state index in [4.69, 9.17) is 18.9 Å². The Morgan fingerprint density at radius 3 is 2.07 bits per heavy atom. The number of rotatable bonds is 6. The van der Waals surface area contributed by atoms with Gasteiger partial charge in [0.1, 0.15) is 30.0 Å². The van der Waals surface area contributed by atoms with Crippen LogP contribution in [0.25, 0.3) is 0 Å². The lowest BCUT2D eigenvalue weighted by Gasteiger charge is -2.42. The number of carbonyl (C=O) groups is 4. The molecular weight excluding hydrogens is 592 g/mol. The Hall–Kier alpha value is -3.76. The number of hydrogen-bond acceptors (Lipinski definition) is 10. The standard InChI is InChI=1S/C36H48O10/c1-10-20(2)33(40)46-31-21(3)16-17-35(8,9)32(44-25(7)38)30(43-24(6)37)28(39)22(4)18-27-29(23(5)19-36(27,31)42)45-34(41)26-14-12-11-13-15-26/h10-18,21,23,27-32,39,42H,19H2,1-9H3/b17-16+,20-10+,22-18+/t21-,23-,27-,28-,29-,30-,31-,32+,36+/m0/s1. The average molecular weight is 641 g/mol. The van der Waals surface area contributed by atoms with Gasteiger partial charge in [-0.25, -0.2) is 9.59 Å². The Balaban J connectivity index is 2.27. The molecule has 0 amide bonds. The molecule has 0 heterocycles. The zero-order valence-electron chi connectivity index (χ0n) is 28.2. The van der Waals surface area contributed by atoms with Crippen LogP contribution in [0.2, 0.25) is 0 Å². The molecule has 1 fully saturated rings. The molecule has 252 valence electrons. The first kappa shape index (κ1) is 36.7. The van der Waals surface area contributed by atoms with Crippen LogP contribution in [0.4, 0.5) is 0 Å². The minimum atomic E-state index is -1.76. The lowest BCUT2D eigenvalue weighted by Crippen LogP contribution is -2.54. The fourth-order valence-electron chi connectivity index (χ4n) is 6.44. The Kier molecular flexibility index (Phi) is 11.8. The highest BCUT2D eigenvalue weighted by atomic mass is 16.6. The smallest absolute Gasteiger partial charge is 0.338 e. The molecule has 1 saturated carbocycles. The zero-order chi connectivity index (χ0) is 34.6. The Labute approximate surface area is 271 Å². The summed E-state index contributed by atoms with van der Waals surface area (Å²) in [6.07, 6.45) is 0.834. The van der Waals surface area contributed by atoms with Crippen molar-refractivity contribution in [3.63, 3.8) is 0 Å². The van der Waals surface area contributed by atoms with E-state index in [2.05, 4.69) is 0 Å². The van der Waals surface area contributed by atoms with Crippen LogP contribution in [-0.2, 0) is 33.3 Å². The predicted octanol–water partition coefficient (Wildman–Crippen LogP) is 4.88. The van der Waals surface area contributed by atoms with Gasteiger partial charge in [-0.2, -0.15) is 0 Å². The molecule has 0 aliphatic heterocycles. The van der Waals surface area contributed by atoms with Crippen LogP contribution in [-0.4, -0.2) is 70.2 Å². The van der Waals surface area contributed by atoms with Gasteiger partial charge in [0.05, 0.1) is 5.56 Å². The number of benzene rings is 1. The summed E-state index contributed by atoms with van der Waals surface area (Å²) in [6, 6.07) is 8.45. The highest BCUT2D eigenvalue weighted by molar-refractivity contribution is 5.89. The molecule has 3 rings (SSSR count). The second-order valence-electron chi connectivity index (χ2n) is 13.2. The van der Waals surface area contributed by atoms with E-state index in [1.54, 1.807) is 96.2 Å². The van der Waals surface area contributed by atoms with Gasteiger partial charge in [0, 0.05) is 36.7 Å². The summed E-state index contributed by atoms with van der Waals surface area (Å²) < 4.78 is 23.4. The lowest BCUT2D eigenvalue weighted by molar-refractivity contribution is -0.181. The SMILES string of the molecule is C/C=C(\C)C(=O)O[C@H]1[C@@H](C)/C=C/C(C)(C)[C@H](OC(C)=O)[C@@H](OC(C)=O)[C@@H](O)/C(C)=C/[C@H]2[C@@H](OC(=O)c3ccccc3)[C@@H](C)C[C@@]21O. The fraction of sp³-hybridized carbons (Fsp3) is 0.556. The van der Waals surface area contributed by atoms with E-state index in [-0.39, 0.29) is 12.0 Å². The largest absolute Gasteiger partial charge is 0.458 e. The molecule has 46 heavy (non-hydrogen) atoms. The number of aliphatic hydroxyl groups excluding tert-OH is 1. The van der Waals surface area contributed by atoms with Crippen molar-refractivity contribution >= 4 is 23.9 Å². The number of aliphatic hydroxyl groups is 2. The van der Waals surface area contributed by atoms with Crippen LogP contribution >= 0.6 is 0 Å². The van der Waals surface area contributed by atoms with E-state index < -0.39 is 83.2 Å². The third-order valence-corrected chi connectivity index (χ3v) is 9.03. The van der Waals surface area contributed by atoms with E-state index in [0.717, 1.165) is 0 Å². The van der Waals surface area contributed by atoms with Crippen LogP contribution in [0.1, 0.15) is 79.1 Å². The minimum Gasteiger partial charge on any atom is -0.458 e. The quantitative estimate of drug-likeness (QED) is 0.191. The van der Waals surface area contributed by atoms with Crippen molar-refractivity contribution < 1.29 is 48.3 Å². The van der Waals surface area contributed by atoms with E-state index in [0.29, 0.717) is 11.1 Å². The number of hydrogen-bond donors (Lipinski definition) is 2. The summed E-state index contributed by atoms with van der Waals surface area (Å²) in [6.45, 7) is 14.5. The van der Waals surface area contributed by atoms with E-state index in [1.165, 1.54) is 13.8 Å². The summed E-state index contributed by atoms with van der Waals surface area (Å²) in [5.41, 5.74) is -1.83. The van der Waals surface area contributed by atoms with Gasteiger partial charge < -0.3 is 29.2 Å². The normalized spacial score (nSPS) is 34.8. The molecule has 2 aliphatic carbocycles. The van der Waals surface area contributed by atoms with Gasteiger partial charge in [-0.15, -0.1) is 0 Å². The summed E-state index contributed by atoms with van der Waals surface area (Å²) in [4.78, 5) is 51.1. The molecule has 0 radical (unpaired) electrons. The minimum absolute atomic E-state index is 0.0993. The van der Waals surface area contributed by atoms with E-state index >= 15 is 0 Å². The van der Waals surface area contributed by atoms with Gasteiger partial charge in [0.25, 0.3) is 0 Å². The third-order valence-electron chi connectivity index (χ3n) is 9.03. The van der Waals surface area contributed by atoms with Gasteiger partial charge >= 0.3 is 23.9 Å². The number of allylic oxidation sites excluding steroid dienone is 1. The Morgan fingerprint density at radius 1 is 0.891 bits per heavy atom. The number of carbonyl (C=O) groups excluding carboxylic acids is 4. The highest BCUT2D eigenvalue weighted by Crippen LogP contribution is 2.49. The first-order valence-electron chi connectivity index (χ1n) is 15.6. The maximum absolute atomic E-state index is 13.3. The molecule has 1 aromatic rings. The molecule has 1 aromatic carbocycles. The maximum Gasteiger partial charge on any atom is 0.338 e. The van der Waals surface area contributed by atoms with Crippen LogP contribution < -0.4 is 0 Å². The van der Waals surface area contributed by atoms with Gasteiger partial charge in [0.2, 0.25) is 0 Å². The van der Waals surface area contributed by atoms with E-state index in [9.17, 15) is 29.4 Å². The molecule has 0 spiro atoms. The van der Waals surface area contributed by atoms with Gasteiger partial charge in [-0.1, -0.05) is 70.2 Å². The summed E-state index contributed by atoms with van der Waals surface area (Å²) in [5.74, 6) is -4.51. The average Bonchev–Trinajstić information content (AvgIpc) is 3.23. The number of ether oxygens (including phenoxy) is 4. The summed E-state index contributed by atoms with van der Waals surface area (Å²) in [5, 5.41) is 24.4. The van der Waals surface area contributed by atoms with Crippen molar-refractivity contribution in [3.8, 4) is 0 Å². The van der Waals surface area contributed by atoms with Crippen LogP contribution in [0.5, 0.6) is 0 Å². The van der Waals surface area contributed by atoms with Crippen LogP contribution in [0, 0.1) is 23.2 Å². The molecule has 9 atom stereocenters. The molecule has 2 aliphatic rings. The molecular formula is C36H48O10. The van der Waals surface area contributed by atoms with Crippen LogP contribution in [0.3, 0.4) is 0 Å². The molecule has 0 saturated heterocycles. The van der Waals surface area contributed by atoms with Crippen molar-refractivity contribution in [2.24, 2.45) is 23.2 Å². The Bertz CT molecular complexity index is 1380. The molecule has 10 nitrogen and oxygen atoms in total. The zero-order valence-corrected chi connectivity index (χ0v) is 28.2. The van der Waals surface area contributed by atoms with Crippen molar-refractivity contribution in [3.05, 3.63) is 71.3 Å². The highest BCUT2D eigenvalue weighted by Gasteiger charge is 2.59. The van der Waals surface area contributed by atoms with Gasteiger partial charge in [-0.05, 0) is 50.8 Å². The van der Waals surface area contributed by atoms with Crippen molar-refractivity contribution in [2.45, 2.75) is 105 Å². The predicted molar refractivity (Wildman–Crippen MR) is 170 cm³/mol. The Morgan fingerprint density at radius 2 is 1.50 bits per heavy atom. The number of fused-ring (bicyclic) bond motifs is 1. The van der Waals surface area contributed by atoms with Crippen molar-refractivity contribution in [1.29, 1.82) is 0 Å². The summed E-state index contributed by atoms with van der Waals surface area (Å²) in [7, 11) is 0. The first-order chi connectivity index (χ1) is 21.4. The third kappa shape index (κ3) is 8.14. The monoisotopic (exact) mass is 640 g/mol. The molecule has 0 aromatic heterocycles. The molecule has 2 N–H and O–H groups in total. The summed E-state index contributed by atoms with van der Waals surface area (Å²) >= 11 is 0. The topological polar surface area (TPSA) is 146 Å². The second-order valence-corrected chi connectivity index (χ2v) is 13.2. The van der Waals surface area contributed by atoms with E-state index in [1.807, 2.05) is 6.92 Å². The molecule has 0 unspecified atom stereocenters. The first-order valence-corrected chi connectivity index (χ1v) is 15.6. The van der Waals surface area contributed by atoms with Crippen molar-refractivity contribution in [1.82, 2.24) is 0 Å².